The lowest BCUT2D eigenvalue weighted by atomic mass is 10.0. The predicted octanol–water partition coefficient (Wildman–Crippen LogP) is 3.30. The maximum Gasteiger partial charge on any atom is 0.142 e. The van der Waals surface area contributed by atoms with Crippen molar-refractivity contribution in [3.05, 3.63) is 22.2 Å². The molecular weight excluding hydrogens is 272 g/mol. The third-order valence-corrected chi connectivity index (χ3v) is 3.19. The van der Waals surface area contributed by atoms with E-state index in [0.29, 0.717) is 11.5 Å². The van der Waals surface area contributed by atoms with E-state index in [9.17, 15) is 5.11 Å². The molecule has 0 amide bonds. The molecule has 0 aliphatic rings. The topological polar surface area (TPSA) is 38.7 Å². The number of hydrogen-bond donors (Lipinski definition) is 1. The number of aliphatic hydroxyl groups excluding tert-OH is 1. The van der Waals surface area contributed by atoms with Gasteiger partial charge >= 0.3 is 0 Å². The van der Waals surface area contributed by atoms with Crippen molar-refractivity contribution in [1.29, 1.82) is 0 Å². The summed E-state index contributed by atoms with van der Waals surface area (Å²) in [6, 6.07) is 3.66. The van der Waals surface area contributed by atoms with E-state index in [1.165, 1.54) is 0 Å². The highest BCUT2D eigenvalue weighted by Gasteiger charge is 2.17. The van der Waals surface area contributed by atoms with Crippen LogP contribution in [0.2, 0.25) is 0 Å². The molecule has 16 heavy (non-hydrogen) atoms. The summed E-state index contributed by atoms with van der Waals surface area (Å²) >= 11 is 3.41. The van der Waals surface area contributed by atoms with Gasteiger partial charge in [-0.15, -0.1) is 0 Å². The van der Waals surface area contributed by atoms with Gasteiger partial charge in [-0.05, 0) is 34.5 Å². The number of methoxy groups -OCH3 is 2. The summed E-state index contributed by atoms with van der Waals surface area (Å²) in [5.74, 6) is 1.34. The Kier molecular flexibility index (Phi) is 5.09. The quantitative estimate of drug-likeness (QED) is 0.904. The van der Waals surface area contributed by atoms with Crippen LogP contribution in [-0.2, 0) is 0 Å². The molecule has 90 valence electrons. The number of benzene rings is 1. The second-order valence-corrected chi connectivity index (χ2v) is 4.30. The van der Waals surface area contributed by atoms with Crippen LogP contribution in [0.4, 0.5) is 0 Å². The number of rotatable bonds is 5. The molecule has 1 aromatic rings. The third kappa shape index (κ3) is 2.68. The summed E-state index contributed by atoms with van der Waals surface area (Å²) in [5, 5.41) is 9.98. The van der Waals surface area contributed by atoms with Gasteiger partial charge in [0.05, 0.1) is 20.3 Å². The van der Waals surface area contributed by atoms with Gasteiger partial charge in [-0.1, -0.05) is 13.3 Å². The second kappa shape index (κ2) is 6.11. The maximum absolute atomic E-state index is 9.98. The van der Waals surface area contributed by atoms with Gasteiger partial charge in [-0.2, -0.15) is 0 Å². The molecule has 1 unspecified atom stereocenters. The Labute approximate surface area is 105 Å². The Morgan fingerprint density at radius 1 is 1.31 bits per heavy atom. The molecule has 1 aromatic carbocycles. The van der Waals surface area contributed by atoms with Crippen LogP contribution < -0.4 is 9.47 Å². The zero-order valence-electron chi connectivity index (χ0n) is 9.79. The first-order chi connectivity index (χ1) is 7.65. The average molecular weight is 289 g/mol. The van der Waals surface area contributed by atoms with Crippen LogP contribution in [0.15, 0.2) is 16.6 Å². The fourth-order valence-corrected chi connectivity index (χ4v) is 2.29. The standard InChI is InChI=1S/C12H17BrO3/c1-4-5-9(14)8-6-7-10(15-2)11(13)12(8)16-3/h6-7,9,14H,4-5H2,1-3H3. The molecule has 0 radical (unpaired) electrons. The highest BCUT2D eigenvalue weighted by Crippen LogP contribution is 2.40. The Balaban J connectivity index is 3.14. The maximum atomic E-state index is 9.98. The molecule has 0 aliphatic heterocycles. The zero-order valence-corrected chi connectivity index (χ0v) is 11.4. The molecule has 0 bridgehead atoms. The van der Waals surface area contributed by atoms with Crippen LogP contribution >= 0.6 is 15.9 Å². The Bertz CT molecular complexity index is 352. The molecule has 0 heterocycles. The van der Waals surface area contributed by atoms with Crippen LogP contribution in [0.1, 0.15) is 31.4 Å². The Morgan fingerprint density at radius 2 is 2.00 bits per heavy atom. The zero-order chi connectivity index (χ0) is 12.1. The summed E-state index contributed by atoms with van der Waals surface area (Å²) in [4.78, 5) is 0. The van der Waals surface area contributed by atoms with Gasteiger partial charge in [-0.25, -0.2) is 0 Å². The number of hydrogen-bond acceptors (Lipinski definition) is 3. The fraction of sp³-hybridized carbons (Fsp3) is 0.500. The lowest BCUT2D eigenvalue weighted by Gasteiger charge is -2.17. The van der Waals surface area contributed by atoms with Crippen molar-refractivity contribution in [2.75, 3.05) is 14.2 Å². The highest BCUT2D eigenvalue weighted by atomic mass is 79.9. The van der Waals surface area contributed by atoms with E-state index in [2.05, 4.69) is 15.9 Å². The van der Waals surface area contributed by atoms with Crippen LogP contribution in [-0.4, -0.2) is 19.3 Å². The van der Waals surface area contributed by atoms with Crippen molar-refractivity contribution in [3.8, 4) is 11.5 Å². The average Bonchev–Trinajstić information content (AvgIpc) is 2.28. The van der Waals surface area contributed by atoms with Crippen molar-refractivity contribution in [2.45, 2.75) is 25.9 Å². The number of halogens is 1. The minimum Gasteiger partial charge on any atom is -0.495 e. The van der Waals surface area contributed by atoms with Crippen molar-refractivity contribution >= 4 is 15.9 Å². The molecule has 1 rings (SSSR count). The van der Waals surface area contributed by atoms with E-state index in [4.69, 9.17) is 9.47 Å². The first-order valence-electron chi connectivity index (χ1n) is 5.24. The summed E-state index contributed by atoms with van der Waals surface area (Å²) < 4.78 is 11.2. The Hall–Kier alpha value is -0.740. The predicted molar refractivity (Wildman–Crippen MR) is 67.1 cm³/mol. The van der Waals surface area contributed by atoms with Crippen LogP contribution in [0.5, 0.6) is 11.5 Å². The van der Waals surface area contributed by atoms with E-state index < -0.39 is 6.10 Å². The third-order valence-electron chi connectivity index (χ3n) is 2.44. The van der Waals surface area contributed by atoms with E-state index in [1.807, 2.05) is 19.1 Å². The minimum absolute atomic E-state index is 0.498. The largest absolute Gasteiger partial charge is 0.495 e. The first kappa shape index (κ1) is 13.3. The van der Waals surface area contributed by atoms with E-state index in [-0.39, 0.29) is 0 Å². The summed E-state index contributed by atoms with van der Waals surface area (Å²) in [5.41, 5.74) is 0.789. The van der Waals surface area contributed by atoms with Gasteiger partial charge in [-0.3, -0.25) is 0 Å². The molecule has 1 atom stereocenters. The van der Waals surface area contributed by atoms with Crippen molar-refractivity contribution < 1.29 is 14.6 Å². The SMILES string of the molecule is CCCC(O)c1ccc(OC)c(Br)c1OC. The molecule has 1 N–H and O–H groups in total. The summed E-state index contributed by atoms with van der Waals surface area (Å²) in [7, 11) is 3.18. The van der Waals surface area contributed by atoms with Crippen molar-refractivity contribution in [3.63, 3.8) is 0 Å². The van der Waals surface area contributed by atoms with Crippen molar-refractivity contribution in [2.24, 2.45) is 0 Å². The van der Waals surface area contributed by atoms with Crippen LogP contribution in [0, 0.1) is 0 Å². The number of aliphatic hydroxyl groups is 1. The van der Waals surface area contributed by atoms with Crippen molar-refractivity contribution in [1.82, 2.24) is 0 Å². The van der Waals surface area contributed by atoms with Gasteiger partial charge in [0.25, 0.3) is 0 Å². The van der Waals surface area contributed by atoms with Crippen LogP contribution in [0.25, 0.3) is 0 Å². The normalized spacial score (nSPS) is 12.3. The number of ether oxygens (including phenoxy) is 2. The van der Waals surface area contributed by atoms with E-state index in [0.717, 1.165) is 22.9 Å². The lowest BCUT2D eigenvalue weighted by molar-refractivity contribution is 0.162. The molecule has 0 aliphatic carbocycles. The molecule has 0 aromatic heterocycles. The van der Waals surface area contributed by atoms with Gasteiger partial charge in [0.1, 0.15) is 16.0 Å². The lowest BCUT2D eigenvalue weighted by Crippen LogP contribution is -2.01. The molecule has 3 nitrogen and oxygen atoms in total. The molecule has 0 spiro atoms. The fourth-order valence-electron chi connectivity index (χ4n) is 1.61. The molecule has 0 saturated heterocycles. The smallest absolute Gasteiger partial charge is 0.142 e. The molecular formula is C12H17BrO3. The van der Waals surface area contributed by atoms with Gasteiger partial charge in [0.15, 0.2) is 0 Å². The van der Waals surface area contributed by atoms with Gasteiger partial charge in [0, 0.05) is 5.56 Å². The van der Waals surface area contributed by atoms with Gasteiger partial charge < -0.3 is 14.6 Å². The molecule has 0 saturated carbocycles. The van der Waals surface area contributed by atoms with Crippen LogP contribution in [0.3, 0.4) is 0 Å². The molecule has 4 heteroatoms. The van der Waals surface area contributed by atoms with E-state index in [1.54, 1.807) is 14.2 Å². The Morgan fingerprint density at radius 3 is 2.50 bits per heavy atom. The second-order valence-electron chi connectivity index (χ2n) is 3.51. The van der Waals surface area contributed by atoms with Gasteiger partial charge in [0.2, 0.25) is 0 Å². The van der Waals surface area contributed by atoms with E-state index >= 15 is 0 Å². The summed E-state index contributed by atoms with van der Waals surface area (Å²) in [6.45, 7) is 2.04. The summed E-state index contributed by atoms with van der Waals surface area (Å²) in [6.07, 6.45) is 1.14. The monoisotopic (exact) mass is 288 g/mol. The minimum atomic E-state index is -0.498. The highest BCUT2D eigenvalue weighted by molar-refractivity contribution is 9.10. The molecule has 0 fully saturated rings. The first-order valence-corrected chi connectivity index (χ1v) is 6.03.